The third-order valence-electron chi connectivity index (χ3n) is 13.5. The molecule has 0 fully saturated rings. The van der Waals surface area contributed by atoms with Gasteiger partial charge in [-0.25, -0.2) is 4.98 Å². The Morgan fingerprint density at radius 2 is 1.26 bits per heavy atom. The summed E-state index contributed by atoms with van der Waals surface area (Å²) in [4.78, 5) is 4.84. The van der Waals surface area contributed by atoms with E-state index in [1.165, 1.54) is 18.2 Å². The summed E-state index contributed by atoms with van der Waals surface area (Å²) in [5.74, 6) is 1.58. The monoisotopic (exact) mass is 1120 g/mol. The van der Waals surface area contributed by atoms with Crippen LogP contribution < -0.4 is 9.30 Å². The summed E-state index contributed by atoms with van der Waals surface area (Å²) in [5, 5.41) is 2.03. The zero-order chi connectivity index (χ0) is 57.3. The van der Waals surface area contributed by atoms with Gasteiger partial charge in [-0.1, -0.05) is 166 Å². The van der Waals surface area contributed by atoms with Gasteiger partial charge in [0.1, 0.15) is 5.82 Å². The molecule has 350 valence electrons. The topological polar surface area (TPSA) is 35.9 Å². The van der Waals surface area contributed by atoms with E-state index in [0.29, 0.717) is 56.2 Å². The average molecular weight is 1120 g/mol. The summed E-state index contributed by atoms with van der Waals surface area (Å²) in [6.07, 6.45) is 5.49. The Balaban J connectivity index is 0.00000680. The van der Waals surface area contributed by atoms with Crippen LogP contribution in [-0.4, -0.2) is 14.1 Å². The van der Waals surface area contributed by atoms with E-state index >= 15 is 0 Å². The summed E-state index contributed by atoms with van der Waals surface area (Å²) in [6.45, 7) is 1.14. The Labute approximate surface area is 450 Å². The Morgan fingerprint density at radius 3 is 2.08 bits per heavy atom. The van der Waals surface area contributed by atoms with Crippen molar-refractivity contribution in [2.75, 3.05) is 0 Å². The molecule has 1 aliphatic heterocycles. The van der Waals surface area contributed by atoms with Gasteiger partial charge in [0.25, 0.3) is 6.33 Å². The van der Waals surface area contributed by atoms with E-state index in [4.69, 9.17) is 22.1 Å². The Bertz CT molecular complexity index is 4590. The number of nitrogens with zero attached hydrogens (tertiary/aromatic N) is 4. The normalized spacial score (nSPS) is 14.4. The van der Waals surface area contributed by atoms with Crippen molar-refractivity contribution in [2.45, 2.75) is 39.9 Å². The number of rotatable bonds is 6. The van der Waals surface area contributed by atoms with Crippen LogP contribution in [0, 0.1) is 32.2 Å². The van der Waals surface area contributed by atoms with Crippen molar-refractivity contribution in [3.8, 4) is 84.3 Å². The minimum atomic E-state index is -2.69. The third-order valence-corrected chi connectivity index (χ3v) is 13.5. The van der Waals surface area contributed by atoms with Gasteiger partial charge in [0.15, 0.2) is 0 Å². The van der Waals surface area contributed by atoms with Crippen molar-refractivity contribution >= 4 is 32.8 Å². The molecule has 5 nitrogen and oxygen atoms in total. The number of para-hydroxylation sites is 3. The Morgan fingerprint density at radius 1 is 0.583 bits per heavy atom. The molecule has 0 atom stereocenters. The van der Waals surface area contributed by atoms with E-state index in [2.05, 4.69) is 62.0 Å². The van der Waals surface area contributed by atoms with Crippen LogP contribution >= 0.6 is 0 Å². The van der Waals surface area contributed by atoms with Gasteiger partial charge < -0.3 is 13.9 Å². The molecule has 0 radical (unpaired) electrons. The van der Waals surface area contributed by atoms with Gasteiger partial charge in [-0.3, -0.25) is 4.57 Å². The van der Waals surface area contributed by atoms with Gasteiger partial charge >= 0.3 is 0 Å². The quantitative estimate of drug-likeness (QED) is 0.123. The maximum atomic E-state index is 9.37. The minimum absolute atomic E-state index is 0. The maximum Gasteiger partial charge on any atom is 0.268 e. The third kappa shape index (κ3) is 7.42. The fourth-order valence-corrected chi connectivity index (χ4v) is 10.2. The zero-order valence-corrected chi connectivity index (χ0v) is 41.5. The number of benzene rings is 9. The van der Waals surface area contributed by atoms with Crippen LogP contribution in [0.25, 0.3) is 106 Å². The molecule has 4 heterocycles. The molecule has 0 bridgehead atoms. The van der Waals surface area contributed by atoms with E-state index in [1.54, 1.807) is 24.3 Å². The van der Waals surface area contributed by atoms with E-state index in [0.717, 1.165) is 49.9 Å². The summed E-state index contributed by atoms with van der Waals surface area (Å²) < 4.78 is 109. The summed E-state index contributed by atoms with van der Waals surface area (Å²) in [7, 11) is 0. The number of aryl methyl sites for hydroxylation is 2. The molecule has 0 saturated carbocycles. The molecule has 0 amide bonds. The number of fused-ring (bicyclic) bond motifs is 10. The van der Waals surface area contributed by atoms with Crippen LogP contribution in [-0.2, 0) is 26.5 Å². The first-order valence-electron chi connectivity index (χ1n) is 28.9. The first-order chi connectivity index (χ1) is 39.2. The van der Waals surface area contributed by atoms with Crippen LogP contribution in [0.1, 0.15) is 52.5 Å². The molecule has 0 aliphatic carbocycles. The number of pyridine rings is 1. The van der Waals surface area contributed by atoms with Crippen molar-refractivity contribution in [1.82, 2.24) is 14.1 Å². The molecular weight excluding hydrogens is 1060 g/mol. The van der Waals surface area contributed by atoms with Gasteiger partial charge in [0, 0.05) is 52.5 Å². The van der Waals surface area contributed by atoms with Gasteiger partial charge in [0.2, 0.25) is 0 Å². The number of ether oxygens (including phenoxy) is 1. The van der Waals surface area contributed by atoms with Gasteiger partial charge in [-0.05, 0) is 127 Å². The fraction of sp³-hybridized carbons (Fsp3) is 0.0909. The van der Waals surface area contributed by atoms with Crippen molar-refractivity contribution in [3.63, 3.8) is 0 Å². The largest absolute Gasteiger partial charge is 0.510 e. The number of hydrogen-bond acceptors (Lipinski definition) is 2. The predicted octanol–water partition coefficient (Wildman–Crippen LogP) is 16.2. The van der Waals surface area contributed by atoms with Crippen LogP contribution in [0.2, 0.25) is 0 Å². The van der Waals surface area contributed by atoms with Crippen LogP contribution in [0.15, 0.2) is 200 Å². The van der Waals surface area contributed by atoms with Gasteiger partial charge in [-0.15, -0.1) is 29.7 Å². The molecule has 13 rings (SSSR count). The first kappa shape index (κ1) is 34.3. The Hall–Kier alpha value is -8.11. The second-order valence-electron chi connectivity index (χ2n) is 18.8. The summed E-state index contributed by atoms with van der Waals surface area (Å²) in [5.41, 5.74) is 9.53. The molecule has 6 heteroatoms. The Kier molecular flexibility index (Phi) is 8.39. The summed E-state index contributed by atoms with van der Waals surface area (Å²) in [6, 6.07) is 55.3. The average Bonchev–Trinajstić information content (AvgIpc) is 4.22. The van der Waals surface area contributed by atoms with E-state index in [-0.39, 0.29) is 54.3 Å². The molecular formula is C66H48N4OPt-2. The fourth-order valence-electron chi connectivity index (χ4n) is 10.2. The molecule has 72 heavy (non-hydrogen) atoms. The molecule has 1 aliphatic rings. The van der Waals surface area contributed by atoms with Crippen LogP contribution in [0.4, 0.5) is 0 Å². The molecule has 0 saturated heterocycles. The molecule has 12 aromatic rings. The van der Waals surface area contributed by atoms with Crippen molar-refractivity contribution < 1.29 is 45.4 Å². The first-order valence-corrected chi connectivity index (χ1v) is 23.4. The maximum absolute atomic E-state index is 9.37. The zero-order valence-electron chi connectivity index (χ0n) is 50.2. The summed E-state index contributed by atoms with van der Waals surface area (Å²) >= 11 is 0. The van der Waals surface area contributed by atoms with Crippen molar-refractivity contribution in [1.29, 1.82) is 0 Å². The minimum Gasteiger partial charge on any atom is -0.510 e. The molecule has 0 N–H and O–H groups in total. The van der Waals surface area contributed by atoms with Crippen LogP contribution in [0.3, 0.4) is 0 Å². The number of hydrogen-bond donors (Lipinski definition) is 0. The second-order valence-corrected chi connectivity index (χ2v) is 18.8. The van der Waals surface area contributed by atoms with Crippen molar-refractivity contribution in [2.24, 2.45) is 0 Å². The SMILES string of the molecule is [2H]c1c([2H])c([2H])c(-c2cccc3c2-[n+]2[c-]n(-c4[c-]c(Oc5[c-]c6c(cc5)c5ccccc5n6-c5cc(C(C)(C)C)ccn5)ccc4)c4cccc(c42)-c2ccccc2-c2ccc(-c4c(C([2H])([2H])[2H])cccc4C([2H])([2H])[2H])cc2-3)c([2H])c1[2H].[Pt]. The molecule has 0 spiro atoms. The molecule has 0 unspecified atom stereocenters. The van der Waals surface area contributed by atoms with E-state index < -0.39 is 43.9 Å². The molecule has 9 aromatic carbocycles. The predicted molar refractivity (Wildman–Crippen MR) is 289 cm³/mol. The van der Waals surface area contributed by atoms with Gasteiger partial charge in [-0.2, -0.15) is 18.2 Å². The van der Waals surface area contributed by atoms with Crippen molar-refractivity contribution in [3.05, 3.63) is 235 Å². The van der Waals surface area contributed by atoms with Crippen LogP contribution in [0.5, 0.6) is 11.5 Å². The molecule has 3 aromatic heterocycles. The number of imidazole rings is 1. The number of aromatic nitrogens is 4. The van der Waals surface area contributed by atoms with Gasteiger partial charge in [0.05, 0.1) is 23.6 Å². The smallest absolute Gasteiger partial charge is 0.268 e. The standard InChI is InChI=1S/C66H48N4O.Pt/c1-42-17-13-18-43(2)63(42)45-31-33-53-51-23-9-10-24-52(51)56-28-16-30-60-65(56)69(64-50(44-19-7-6-8-20-44)26-15-27-57(64)58(53)37-45)41-68(60)47-21-14-22-48(39-47)71-49-32-34-55-54-25-11-12-29-59(54)70(61(55)40-49)62-38-46(35-36-67-62)66(3,4)5;/h6-38H,1-5H3;/q-2;/i1D3,2D3,6D,7D,8D,19D,20D;. The van der Waals surface area contributed by atoms with E-state index in [9.17, 15) is 2.74 Å². The second kappa shape index (κ2) is 17.6. The van der Waals surface area contributed by atoms with E-state index in [1.807, 2.05) is 118 Å².